The van der Waals surface area contributed by atoms with Gasteiger partial charge in [0.05, 0.1) is 33.4 Å². The summed E-state index contributed by atoms with van der Waals surface area (Å²) >= 11 is 0. The molecule has 0 atom stereocenters. The second kappa shape index (κ2) is 14.2. The maximum absolute atomic E-state index is 2.44. The van der Waals surface area contributed by atoms with Crippen LogP contribution in [0.2, 0.25) is 0 Å². The van der Waals surface area contributed by atoms with Crippen molar-refractivity contribution in [3.05, 3.63) is 242 Å². The van der Waals surface area contributed by atoms with Crippen LogP contribution < -0.4 is 0 Å². The molecule has 0 aliphatic heterocycles. The Labute approximate surface area is 366 Å². The predicted octanol–water partition coefficient (Wildman–Crippen LogP) is 16.1. The van der Waals surface area contributed by atoms with Crippen molar-refractivity contribution in [1.29, 1.82) is 0 Å². The number of rotatable bonds is 6. The van der Waals surface area contributed by atoms with E-state index < -0.39 is 0 Å². The first-order chi connectivity index (χ1) is 31.2. The minimum Gasteiger partial charge on any atom is -0.309 e. The number of hydrogen-bond acceptors (Lipinski definition) is 0. The SMILES string of the molecule is c1ccc(-c2ccccc2-n2c3ccccc3c3cc(-c4ccc5c(c4)-c4cc(-c6ccc7c(c6)c6ccccc6n7-c6ccccc6-c6ccccc6)ccc4C5)ccc32)cc1. The van der Waals surface area contributed by atoms with Crippen molar-refractivity contribution in [2.75, 3.05) is 0 Å². The molecule has 2 heteroatoms. The van der Waals surface area contributed by atoms with Crippen molar-refractivity contribution >= 4 is 43.6 Å². The summed E-state index contributed by atoms with van der Waals surface area (Å²) < 4.78 is 4.88. The number of para-hydroxylation sites is 4. The van der Waals surface area contributed by atoms with Crippen molar-refractivity contribution in [1.82, 2.24) is 9.13 Å². The summed E-state index contributed by atoms with van der Waals surface area (Å²) in [5, 5.41) is 5.03. The Bertz CT molecular complexity index is 3510. The molecule has 12 aromatic rings. The van der Waals surface area contributed by atoms with Gasteiger partial charge in [-0.2, -0.15) is 0 Å². The highest BCUT2D eigenvalue weighted by molar-refractivity contribution is 6.12. The van der Waals surface area contributed by atoms with Crippen LogP contribution in [-0.4, -0.2) is 9.13 Å². The lowest BCUT2D eigenvalue weighted by molar-refractivity contribution is 1.18. The molecule has 63 heavy (non-hydrogen) atoms. The molecule has 0 saturated heterocycles. The van der Waals surface area contributed by atoms with Gasteiger partial charge in [0.2, 0.25) is 0 Å². The van der Waals surface area contributed by atoms with Gasteiger partial charge in [0.25, 0.3) is 0 Å². The van der Waals surface area contributed by atoms with Crippen molar-refractivity contribution in [3.8, 4) is 67.0 Å². The van der Waals surface area contributed by atoms with Crippen molar-refractivity contribution in [2.45, 2.75) is 6.42 Å². The fraction of sp³-hybridized carbons (Fsp3) is 0.0164. The van der Waals surface area contributed by atoms with Crippen LogP contribution in [0.3, 0.4) is 0 Å². The summed E-state index contributed by atoms with van der Waals surface area (Å²) in [6, 6.07) is 84.9. The van der Waals surface area contributed by atoms with Crippen LogP contribution in [0.25, 0.3) is 111 Å². The lowest BCUT2D eigenvalue weighted by Crippen LogP contribution is -1.97. The summed E-state index contributed by atoms with van der Waals surface area (Å²) in [5.41, 5.74) is 22.4. The minimum atomic E-state index is 0.950. The van der Waals surface area contributed by atoms with E-state index in [0.717, 1.165) is 6.42 Å². The molecule has 0 fully saturated rings. The van der Waals surface area contributed by atoms with E-state index in [2.05, 4.69) is 240 Å². The summed E-state index contributed by atoms with van der Waals surface area (Å²) in [7, 11) is 0. The lowest BCUT2D eigenvalue weighted by atomic mass is 9.95. The Balaban J connectivity index is 0.899. The van der Waals surface area contributed by atoms with Crippen LogP contribution in [0.5, 0.6) is 0 Å². The molecule has 0 spiro atoms. The molecular weight excluding hydrogens is 761 g/mol. The van der Waals surface area contributed by atoms with E-state index in [0.29, 0.717) is 0 Å². The van der Waals surface area contributed by atoms with Gasteiger partial charge < -0.3 is 9.13 Å². The third kappa shape index (κ3) is 5.65. The number of hydrogen-bond donors (Lipinski definition) is 0. The van der Waals surface area contributed by atoms with Crippen LogP contribution >= 0.6 is 0 Å². The van der Waals surface area contributed by atoms with Gasteiger partial charge in [-0.3, -0.25) is 0 Å². The molecule has 1 aliphatic carbocycles. The van der Waals surface area contributed by atoms with Crippen LogP contribution in [0.1, 0.15) is 11.1 Å². The Kier molecular flexibility index (Phi) is 8.01. The highest BCUT2D eigenvalue weighted by atomic mass is 15.0. The number of fused-ring (bicyclic) bond motifs is 9. The van der Waals surface area contributed by atoms with E-state index in [1.54, 1.807) is 0 Å². The molecule has 2 nitrogen and oxygen atoms in total. The summed E-state index contributed by atoms with van der Waals surface area (Å²) in [4.78, 5) is 0. The third-order valence-electron chi connectivity index (χ3n) is 13.4. The van der Waals surface area contributed by atoms with E-state index in [1.807, 2.05) is 0 Å². The second-order valence-corrected chi connectivity index (χ2v) is 16.9. The minimum absolute atomic E-state index is 0.950. The molecule has 10 aromatic carbocycles. The number of aromatic nitrogens is 2. The topological polar surface area (TPSA) is 9.86 Å². The van der Waals surface area contributed by atoms with E-state index in [-0.39, 0.29) is 0 Å². The molecule has 0 N–H and O–H groups in total. The Morgan fingerprint density at radius 2 is 0.603 bits per heavy atom. The molecule has 1 aliphatic rings. The molecule has 2 aromatic heterocycles. The van der Waals surface area contributed by atoms with Crippen molar-refractivity contribution in [3.63, 3.8) is 0 Å². The number of nitrogens with zero attached hydrogens (tertiary/aromatic N) is 2. The van der Waals surface area contributed by atoms with E-state index >= 15 is 0 Å². The first kappa shape index (κ1) is 35.5. The van der Waals surface area contributed by atoms with Crippen LogP contribution in [-0.2, 0) is 6.42 Å². The summed E-state index contributed by atoms with van der Waals surface area (Å²) in [6.07, 6.45) is 0.950. The Morgan fingerprint density at radius 3 is 1.08 bits per heavy atom. The molecule has 0 saturated carbocycles. The van der Waals surface area contributed by atoms with E-state index in [1.165, 1.54) is 122 Å². The standard InChI is InChI=1S/C61H40N2/c1-3-15-40(16-4-1)48-19-7-11-23-56(48)62-58-25-13-9-21-50(58)54-38-44(31-33-60(54)62)42-27-29-46-35-47-30-28-43(37-53(47)52(46)36-42)45-32-34-61-55(39-45)51-22-10-14-26-59(51)63(61)57-24-12-8-20-49(57)41-17-5-2-6-18-41/h1-34,36-39H,35H2. The summed E-state index contributed by atoms with van der Waals surface area (Å²) in [6.45, 7) is 0. The highest BCUT2D eigenvalue weighted by Crippen LogP contribution is 2.44. The molecule has 0 radical (unpaired) electrons. The van der Waals surface area contributed by atoms with Gasteiger partial charge >= 0.3 is 0 Å². The van der Waals surface area contributed by atoms with Gasteiger partial charge in [0.15, 0.2) is 0 Å². The molecule has 294 valence electrons. The van der Waals surface area contributed by atoms with Gasteiger partial charge in [0.1, 0.15) is 0 Å². The quantitative estimate of drug-likeness (QED) is 0.159. The molecule has 2 heterocycles. The first-order valence-electron chi connectivity index (χ1n) is 21.9. The van der Waals surface area contributed by atoms with Gasteiger partial charge in [0, 0.05) is 32.7 Å². The predicted molar refractivity (Wildman–Crippen MR) is 265 cm³/mol. The first-order valence-corrected chi connectivity index (χ1v) is 21.9. The second-order valence-electron chi connectivity index (χ2n) is 16.9. The van der Waals surface area contributed by atoms with Crippen LogP contribution in [0.15, 0.2) is 231 Å². The maximum atomic E-state index is 2.44. The summed E-state index contributed by atoms with van der Waals surface area (Å²) in [5.74, 6) is 0. The molecule has 13 rings (SSSR count). The average Bonchev–Trinajstić information content (AvgIpc) is 4.01. The van der Waals surface area contributed by atoms with Gasteiger partial charge in [-0.15, -0.1) is 0 Å². The zero-order chi connectivity index (χ0) is 41.4. The monoisotopic (exact) mass is 800 g/mol. The van der Waals surface area contributed by atoms with Crippen molar-refractivity contribution < 1.29 is 0 Å². The third-order valence-corrected chi connectivity index (χ3v) is 13.4. The van der Waals surface area contributed by atoms with Crippen molar-refractivity contribution in [2.24, 2.45) is 0 Å². The number of benzene rings is 10. The fourth-order valence-electron chi connectivity index (χ4n) is 10.4. The maximum Gasteiger partial charge on any atom is 0.0541 e. The largest absolute Gasteiger partial charge is 0.309 e. The van der Waals surface area contributed by atoms with Crippen LogP contribution in [0, 0.1) is 0 Å². The molecule has 0 unspecified atom stereocenters. The Hall–Kier alpha value is -8.20. The van der Waals surface area contributed by atoms with Crippen LogP contribution in [0.4, 0.5) is 0 Å². The smallest absolute Gasteiger partial charge is 0.0541 e. The zero-order valence-electron chi connectivity index (χ0n) is 34.5. The van der Waals surface area contributed by atoms with Gasteiger partial charge in [-0.05, 0) is 123 Å². The van der Waals surface area contributed by atoms with Gasteiger partial charge in [-0.25, -0.2) is 0 Å². The van der Waals surface area contributed by atoms with E-state index in [9.17, 15) is 0 Å². The van der Waals surface area contributed by atoms with Gasteiger partial charge in [-0.1, -0.05) is 170 Å². The lowest BCUT2D eigenvalue weighted by Gasteiger charge is -2.14. The fourth-order valence-corrected chi connectivity index (χ4v) is 10.4. The Morgan fingerprint density at radius 1 is 0.238 bits per heavy atom. The highest BCUT2D eigenvalue weighted by Gasteiger charge is 2.22. The van der Waals surface area contributed by atoms with E-state index in [4.69, 9.17) is 0 Å². The molecule has 0 amide bonds. The molecular formula is C61H40N2. The zero-order valence-corrected chi connectivity index (χ0v) is 34.5. The average molecular weight is 801 g/mol. The normalized spacial score (nSPS) is 12.1. The molecule has 0 bridgehead atoms.